The first kappa shape index (κ1) is 23.5. The third-order valence-corrected chi connectivity index (χ3v) is 7.05. The smallest absolute Gasteiger partial charge is 0.271 e. The Morgan fingerprint density at radius 1 is 1.03 bits per heavy atom. The molecule has 6 nitrogen and oxygen atoms in total. The van der Waals surface area contributed by atoms with Crippen LogP contribution in [-0.4, -0.2) is 17.6 Å². The minimum atomic E-state index is -0.629. The van der Waals surface area contributed by atoms with Crippen molar-refractivity contribution in [1.29, 1.82) is 0 Å². The molecule has 0 radical (unpaired) electrons. The van der Waals surface area contributed by atoms with Crippen LogP contribution in [0.1, 0.15) is 29.7 Å². The van der Waals surface area contributed by atoms with E-state index in [-0.39, 0.29) is 11.5 Å². The molecule has 1 aromatic heterocycles. The molecule has 5 rings (SSSR count). The highest BCUT2D eigenvalue weighted by atomic mass is 32.1. The number of thiazole rings is 1. The second-order valence-electron chi connectivity index (χ2n) is 8.59. The lowest BCUT2D eigenvalue weighted by molar-refractivity contribution is -0.113. The predicted octanol–water partition coefficient (Wildman–Crippen LogP) is 4.19. The van der Waals surface area contributed by atoms with Gasteiger partial charge in [0.25, 0.3) is 11.5 Å². The summed E-state index contributed by atoms with van der Waals surface area (Å²) in [7, 11) is 1.60. The van der Waals surface area contributed by atoms with Crippen molar-refractivity contribution in [1.82, 2.24) is 4.57 Å². The number of benzene rings is 3. The number of aryl methyl sites for hydroxylation is 1. The van der Waals surface area contributed by atoms with Gasteiger partial charge in [-0.05, 0) is 55.3 Å². The van der Waals surface area contributed by atoms with E-state index < -0.39 is 6.04 Å². The van der Waals surface area contributed by atoms with Crippen molar-refractivity contribution >= 4 is 29.0 Å². The lowest BCUT2D eigenvalue weighted by Gasteiger charge is -2.25. The number of allylic oxidation sites excluding steroid dienone is 1. The van der Waals surface area contributed by atoms with E-state index in [4.69, 9.17) is 9.73 Å². The summed E-state index contributed by atoms with van der Waals surface area (Å²) in [6.07, 6.45) is 1.88. The number of carbonyl (C=O) groups excluding carboxylic acids is 1. The molecule has 1 aliphatic heterocycles. The summed E-state index contributed by atoms with van der Waals surface area (Å²) in [5.41, 5.74) is 4.35. The van der Waals surface area contributed by atoms with Crippen molar-refractivity contribution in [3.63, 3.8) is 0 Å². The Morgan fingerprint density at radius 2 is 1.78 bits per heavy atom. The fourth-order valence-electron chi connectivity index (χ4n) is 4.34. The molecule has 2 heterocycles. The standard InChI is InChI=1S/C29H25N3O3S/c1-18-8-7-9-20(16-18)17-24-28(34)32-26(21-12-14-23(35-3)15-13-21)25(19(2)30-29(32)36-24)27(33)31-22-10-5-4-6-11-22/h4-17,26H,1-3H3,(H,31,33)/b24-17+/t26-/m1/s1. The number of ether oxygens (including phenoxy) is 1. The zero-order valence-electron chi connectivity index (χ0n) is 20.2. The number of nitrogens with zero attached hydrogens (tertiary/aromatic N) is 2. The number of nitrogens with one attached hydrogen (secondary N) is 1. The third-order valence-electron chi connectivity index (χ3n) is 6.07. The second-order valence-corrected chi connectivity index (χ2v) is 9.60. The molecule has 3 aromatic carbocycles. The summed E-state index contributed by atoms with van der Waals surface area (Å²) in [5.74, 6) is 0.401. The molecule has 4 aromatic rings. The first-order valence-electron chi connectivity index (χ1n) is 11.5. The molecule has 0 fully saturated rings. The maximum atomic E-state index is 13.7. The van der Waals surface area contributed by atoms with E-state index in [1.807, 2.05) is 98.8 Å². The molecule has 0 saturated carbocycles. The summed E-state index contributed by atoms with van der Waals surface area (Å²) in [6, 6.07) is 24.1. The van der Waals surface area contributed by atoms with Crippen LogP contribution in [0, 0.1) is 6.92 Å². The Hall–Kier alpha value is -4.23. The molecule has 1 amide bonds. The largest absolute Gasteiger partial charge is 0.497 e. The highest BCUT2D eigenvalue weighted by Gasteiger charge is 2.32. The first-order chi connectivity index (χ1) is 17.4. The number of amides is 1. The molecule has 36 heavy (non-hydrogen) atoms. The van der Waals surface area contributed by atoms with E-state index in [9.17, 15) is 9.59 Å². The van der Waals surface area contributed by atoms with E-state index in [1.54, 1.807) is 11.7 Å². The molecule has 1 atom stereocenters. The van der Waals surface area contributed by atoms with Gasteiger partial charge in [-0.25, -0.2) is 4.99 Å². The van der Waals surface area contributed by atoms with Crippen molar-refractivity contribution < 1.29 is 9.53 Å². The average molecular weight is 496 g/mol. The van der Waals surface area contributed by atoms with E-state index in [2.05, 4.69) is 5.32 Å². The van der Waals surface area contributed by atoms with Gasteiger partial charge in [0.1, 0.15) is 5.75 Å². The van der Waals surface area contributed by atoms with Crippen LogP contribution >= 0.6 is 11.3 Å². The highest BCUT2D eigenvalue weighted by Crippen LogP contribution is 2.31. The van der Waals surface area contributed by atoms with E-state index in [0.29, 0.717) is 32.0 Å². The molecule has 0 aliphatic carbocycles. The van der Waals surface area contributed by atoms with Crippen LogP contribution in [0.2, 0.25) is 0 Å². The molecule has 1 N–H and O–H groups in total. The van der Waals surface area contributed by atoms with Crippen LogP contribution in [0.15, 0.2) is 99.9 Å². The van der Waals surface area contributed by atoms with Gasteiger partial charge in [-0.3, -0.25) is 14.2 Å². The Labute approximate surface area is 212 Å². The summed E-state index contributed by atoms with van der Waals surface area (Å²) in [6.45, 7) is 3.83. The van der Waals surface area contributed by atoms with Gasteiger partial charge >= 0.3 is 0 Å². The van der Waals surface area contributed by atoms with Crippen molar-refractivity contribution in [3.8, 4) is 5.75 Å². The number of rotatable bonds is 5. The number of anilines is 1. The second kappa shape index (κ2) is 9.79. The maximum absolute atomic E-state index is 13.7. The Kier molecular flexibility index (Phi) is 6.40. The van der Waals surface area contributed by atoms with E-state index in [0.717, 1.165) is 16.7 Å². The number of carbonyl (C=O) groups is 1. The van der Waals surface area contributed by atoms with Gasteiger partial charge in [-0.2, -0.15) is 0 Å². The quantitative estimate of drug-likeness (QED) is 0.451. The van der Waals surface area contributed by atoms with Crippen LogP contribution in [0.3, 0.4) is 0 Å². The Morgan fingerprint density at radius 3 is 2.47 bits per heavy atom. The molecule has 7 heteroatoms. The number of para-hydroxylation sites is 1. The lowest BCUT2D eigenvalue weighted by atomic mass is 9.95. The van der Waals surface area contributed by atoms with Crippen molar-refractivity contribution in [2.24, 2.45) is 4.99 Å². The summed E-state index contributed by atoms with van der Waals surface area (Å²) in [5, 5.41) is 2.97. The van der Waals surface area contributed by atoms with Crippen molar-refractivity contribution in [3.05, 3.63) is 127 Å². The summed E-state index contributed by atoms with van der Waals surface area (Å²) in [4.78, 5) is 32.6. The molecule has 1 aliphatic rings. The maximum Gasteiger partial charge on any atom is 0.271 e. The number of hydrogen-bond donors (Lipinski definition) is 1. The topological polar surface area (TPSA) is 72.7 Å². The number of fused-ring (bicyclic) bond motifs is 1. The monoisotopic (exact) mass is 495 g/mol. The van der Waals surface area contributed by atoms with Gasteiger partial charge in [0.15, 0.2) is 4.80 Å². The van der Waals surface area contributed by atoms with E-state index in [1.165, 1.54) is 11.3 Å². The van der Waals surface area contributed by atoms with Gasteiger partial charge in [0.05, 0.1) is 29.0 Å². The van der Waals surface area contributed by atoms with Crippen LogP contribution < -0.4 is 24.9 Å². The molecule has 0 unspecified atom stereocenters. The van der Waals surface area contributed by atoms with E-state index >= 15 is 0 Å². The third kappa shape index (κ3) is 4.53. The van der Waals surface area contributed by atoms with Crippen LogP contribution in [0.4, 0.5) is 5.69 Å². The number of hydrogen-bond acceptors (Lipinski definition) is 5. The van der Waals surface area contributed by atoms with Crippen LogP contribution in [-0.2, 0) is 4.79 Å². The van der Waals surface area contributed by atoms with Crippen molar-refractivity contribution in [2.75, 3.05) is 12.4 Å². The molecule has 0 spiro atoms. The lowest BCUT2D eigenvalue weighted by Crippen LogP contribution is -2.40. The van der Waals surface area contributed by atoms with Gasteiger partial charge in [0, 0.05) is 5.69 Å². The minimum Gasteiger partial charge on any atom is -0.497 e. The molecule has 0 saturated heterocycles. The normalized spacial score (nSPS) is 15.3. The number of methoxy groups -OCH3 is 1. The van der Waals surface area contributed by atoms with Gasteiger partial charge in [0.2, 0.25) is 0 Å². The Bertz CT molecular complexity index is 1650. The predicted molar refractivity (Wildman–Crippen MR) is 143 cm³/mol. The highest BCUT2D eigenvalue weighted by molar-refractivity contribution is 7.07. The Balaban J connectivity index is 1.68. The van der Waals surface area contributed by atoms with Gasteiger partial charge in [-0.15, -0.1) is 0 Å². The minimum absolute atomic E-state index is 0.182. The summed E-state index contributed by atoms with van der Waals surface area (Å²) >= 11 is 1.33. The fourth-order valence-corrected chi connectivity index (χ4v) is 5.39. The van der Waals surface area contributed by atoms with Gasteiger partial charge < -0.3 is 10.1 Å². The molecular weight excluding hydrogens is 470 g/mol. The van der Waals surface area contributed by atoms with Crippen LogP contribution in [0.5, 0.6) is 5.75 Å². The summed E-state index contributed by atoms with van der Waals surface area (Å²) < 4.78 is 7.51. The average Bonchev–Trinajstić information content (AvgIpc) is 3.18. The van der Waals surface area contributed by atoms with Crippen LogP contribution in [0.25, 0.3) is 6.08 Å². The molecule has 180 valence electrons. The number of aromatic nitrogens is 1. The van der Waals surface area contributed by atoms with Crippen molar-refractivity contribution in [2.45, 2.75) is 19.9 Å². The molecular formula is C29H25N3O3S. The SMILES string of the molecule is COc1ccc([C@@H]2C(C(=O)Nc3ccccc3)=C(C)N=c3s/c(=C/c4cccc(C)c4)c(=O)n32)cc1. The zero-order chi connectivity index (χ0) is 25.2. The fraction of sp³-hybridized carbons (Fsp3) is 0.138. The molecule has 0 bridgehead atoms. The van der Waals surface area contributed by atoms with Gasteiger partial charge in [-0.1, -0.05) is 71.5 Å². The first-order valence-corrected chi connectivity index (χ1v) is 12.4. The zero-order valence-corrected chi connectivity index (χ0v) is 21.0.